The Balaban J connectivity index is 1.58. The van der Waals surface area contributed by atoms with Gasteiger partial charge in [-0.1, -0.05) is 18.2 Å². The monoisotopic (exact) mass is 440 g/mol. The fraction of sp³-hybridized carbons (Fsp3) is 0.0800. The number of fused-ring (bicyclic) bond motifs is 4. The van der Waals surface area contributed by atoms with Crippen molar-refractivity contribution in [2.45, 2.75) is 5.92 Å². The quantitative estimate of drug-likeness (QED) is 0.420. The molecule has 0 saturated heterocycles. The van der Waals surface area contributed by atoms with Gasteiger partial charge in [0.1, 0.15) is 29.4 Å². The molecular formula is C25H17FN4O3. The second-order valence-electron chi connectivity index (χ2n) is 7.70. The van der Waals surface area contributed by atoms with Crippen molar-refractivity contribution in [2.24, 2.45) is 0 Å². The van der Waals surface area contributed by atoms with Gasteiger partial charge < -0.3 is 14.6 Å². The number of hydrogen-bond donors (Lipinski definition) is 1. The number of nitrogens with zero attached hydrogens (tertiary/aromatic N) is 4. The molecule has 2 aromatic heterocycles. The van der Waals surface area contributed by atoms with Crippen molar-refractivity contribution in [3.05, 3.63) is 95.6 Å². The molecule has 1 atom stereocenters. The molecule has 33 heavy (non-hydrogen) atoms. The molecule has 162 valence electrons. The average molecular weight is 440 g/mol. The molecule has 0 bridgehead atoms. The van der Waals surface area contributed by atoms with Gasteiger partial charge in [0.2, 0.25) is 5.88 Å². The van der Waals surface area contributed by atoms with E-state index in [1.54, 1.807) is 35.9 Å². The van der Waals surface area contributed by atoms with Gasteiger partial charge in [0.15, 0.2) is 11.5 Å². The van der Waals surface area contributed by atoms with Gasteiger partial charge in [-0.3, -0.25) is 0 Å². The summed E-state index contributed by atoms with van der Waals surface area (Å²) in [6, 6.07) is 18.8. The molecular weight excluding hydrogens is 423 g/mol. The molecule has 7 nitrogen and oxygen atoms in total. The Morgan fingerprint density at radius 1 is 1.03 bits per heavy atom. The van der Waals surface area contributed by atoms with E-state index in [-0.39, 0.29) is 17.5 Å². The lowest BCUT2D eigenvalue weighted by Gasteiger charge is -2.28. The van der Waals surface area contributed by atoms with E-state index in [1.165, 1.54) is 18.5 Å². The second-order valence-corrected chi connectivity index (χ2v) is 7.70. The van der Waals surface area contributed by atoms with Crippen molar-refractivity contribution in [3.63, 3.8) is 0 Å². The Kier molecular flexibility index (Phi) is 4.26. The number of hydrogen-bond acceptors (Lipinski definition) is 6. The molecule has 1 N–H and O–H groups in total. The third-order valence-electron chi connectivity index (χ3n) is 5.74. The third kappa shape index (κ3) is 3.15. The molecule has 6 rings (SSSR count). The number of rotatable bonds is 3. The summed E-state index contributed by atoms with van der Waals surface area (Å²) in [6.07, 6.45) is 1.53. The van der Waals surface area contributed by atoms with Crippen molar-refractivity contribution in [2.75, 3.05) is 7.11 Å². The summed E-state index contributed by atoms with van der Waals surface area (Å²) < 4.78 is 26.4. The summed E-state index contributed by atoms with van der Waals surface area (Å²) in [5.41, 5.74) is 3.87. The Labute approximate surface area is 187 Å². The van der Waals surface area contributed by atoms with Gasteiger partial charge in [0, 0.05) is 23.1 Å². The summed E-state index contributed by atoms with van der Waals surface area (Å²) in [5, 5.41) is 14.6. The fourth-order valence-corrected chi connectivity index (χ4v) is 4.17. The van der Waals surface area contributed by atoms with Crippen LogP contribution in [0, 0.1) is 5.82 Å². The molecule has 3 aromatic carbocycles. The van der Waals surface area contributed by atoms with E-state index < -0.39 is 0 Å². The molecule has 0 spiro atoms. The van der Waals surface area contributed by atoms with Gasteiger partial charge in [-0.05, 0) is 48.0 Å². The van der Waals surface area contributed by atoms with E-state index in [0.29, 0.717) is 28.7 Å². The van der Waals surface area contributed by atoms with Gasteiger partial charge in [0.25, 0.3) is 0 Å². The summed E-state index contributed by atoms with van der Waals surface area (Å²) in [6.45, 7) is 0. The van der Waals surface area contributed by atoms with Crippen molar-refractivity contribution in [1.29, 1.82) is 0 Å². The van der Waals surface area contributed by atoms with E-state index >= 15 is 0 Å². The molecule has 8 heteroatoms. The number of phenolic OH excluding ortho intramolecular Hbond substituents is 1. The van der Waals surface area contributed by atoms with Crippen LogP contribution < -0.4 is 9.47 Å². The number of aromatic nitrogens is 4. The summed E-state index contributed by atoms with van der Waals surface area (Å²) in [4.78, 5) is 9.24. The topological polar surface area (TPSA) is 81.8 Å². The number of benzene rings is 3. The highest BCUT2D eigenvalue weighted by Crippen LogP contribution is 2.48. The Hall–Kier alpha value is -4.46. The standard InChI is InChI=1S/C25H17FN4O3/c1-32-18-9-4-14(5-10-18)21-19-11-8-17(31)12-20(19)33-25-22(21)24-28-23(29-30(24)13-27-25)15-2-6-16(26)7-3-15/h2-13,21,31H,1H3. The first kappa shape index (κ1) is 19.2. The van der Waals surface area contributed by atoms with Crippen molar-refractivity contribution in [3.8, 4) is 34.5 Å². The predicted molar refractivity (Wildman–Crippen MR) is 118 cm³/mol. The van der Waals surface area contributed by atoms with E-state index in [0.717, 1.165) is 22.4 Å². The first-order valence-corrected chi connectivity index (χ1v) is 10.3. The van der Waals surface area contributed by atoms with Crippen LogP contribution in [-0.4, -0.2) is 31.8 Å². The van der Waals surface area contributed by atoms with Crippen LogP contribution in [0.5, 0.6) is 23.1 Å². The van der Waals surface area contributed by atoms with Gasteiger partial charge in [-0.2, -0.15) is 0 Å². The van der Waals surface area contributed by atoms with Crippen LogP contribution in [0.2, 0.25) is 0 Å². The Morgan fingerprint density at radius 3 is 2.58 bits per heavy atom. The van der Waals surface area contributed by atoms with E-state index in [9.17, 15) is 9.50 Å². The van der Waals surface area contributed by atoms with Gasteiger partial charge >= 0.3 is 0 Å². The fourth-order valence-electron chi connectivity index (χ4n) is 4.17. The minimum Gasteiger partial charge on any atom is -0.508 e. The zero-order chi connectivity index (χ0) is 22.5. The molecule has 0 saturated carbocycles. The van der Waals surface area contributed by atoms with Crippen LogP contribution in [0.1, 0.15) is 22.6 Å². The second kappa shape index (κ2) is 7.30. The zero-order valence-electron chi connectivity index (χ0n) is 17.4. The molecule has 1 unspecified atom stereocenters. The molecule has 5 aromatic rings. The van der Waals surface area contributed by atoms with Gasteiger partial charge in [-0.25, -0.2) is 18.9 Å². The zero-order valence-corrected chi connectivity index (χ0v) is 17.4. The first-order chi connectivity index (χ1) is 16.1. The largest absolute Gasteiger partial charge is 0.508 e. The smallest absolute Gasteiger partial charge is 0.228 e. The summed E-state index contributed by atoms with van der Waals surface area (Å²) in [7, 11) is 1.62. The van der Waals surface area contributed by atoms with Crippen LogP contribution in [0.3, 0.4) is 0 Å². The number of ether oxygens (including phenoxy) is 2. The molecule has 3 heterocycles. The molecule has 1 aliphatic heterocycles. The van der Waals surface area contributed by atoms with E-state index in [2.05, 4.69) is 10.1 Å². The van der Waals surface area contributed by atoms with Gasteiger partial charge in [-0.15, -0.1) is 5.10 Å². The maximum atomic E-state index is 13.4. The molecule has 1 aliphatic rings. The van der Waals surface area contributed by atoms with Crippen molar-refractivity contribution >= 4 is 5.65 Å². The maximum absolute atomic E-state index is 13.4. The van der Waals surface area contributed by atoms with Crippen molar-refractivity contribution in [1.82, 2.24) is 19.6 Å². The first-order valence-electron chi connectivity index (χ1n) is 10.3. The lowest BCUT2D eigenvalue weighted by molar-refractivity contribution is 0.414. The third-order valence-corrected chi connectivity index (χ3v) is 5.74. The van der Waals surface area contributed by atoms with Crippen LogP contribution in [-0.2, 0) is 0 Å². The van der Waals surface area contributed by atoms with Crippen LogP contribution in [0.25, 0.3) is 17.0 Å². The molecule has 0 fully saturated rings. The summed E-state index contributed by atoms with van der Waals surface area (Å²) in [5.74, 6) is 1.63. The van der Waals surface area contributed by atoms with E-state index in [4.69, 9.17) is 14.5 Å². The maximum Gasteiger partial charge on any atom is 0.228 e. The molecule has 0 radical (unpaired) electrons. The number of methoxy groups -OCH3 is 1. The SMILES string of the molecule is COc1ccc(C2c3ccc(O)cc3Oc3ncn4nc(-c5ccc(F)cc5)nc4c32)cc1. The number of phenols is 1. The lowest BCUT2D eigenvalue weighted by Crippen LogP contribution is -2.15. The minimum absolute atomic E-state index is 0.104. The normalized spacial score (nSPS) is 14.4. The lowest BCUT2D eigenvalue weighted by atomic mass is 9.84. The number of halogens is 1. The predicted octanol–water partition coefficient (Wildman–Crippen LogP) is 4.93. The Morgan fingerprint density at radius 2 is 1.82 bits per heavy atom. The van der Waals surface area contributed by atoms with Gasteiger partial charge in [0.05, 0.1) is 12.7 Å². The highest BCUT2D eigenvalue weighted by Gasteiger charge is 2.33. The van der Waals surface area contributed by atoms with E-state index in [1.807, 2.05) is 30.3 Å². The highest BCUT2D eigenvalue weighted by atomic mass is 19.1. The highest BCUT2D eigenvalue weighted by molar-refractivity contribution is 5.68. The summed E-state index contributed by atoms with van der Waals surface area (Å²) >= 11 is 0. The number of aromatic hydroxyl groups is 1. The minimum atomic E-state index is -0.325. The Bertz CT molecular complexity index is 1500. The van der Waals surface area contributed by atoms with Crippen molar-refractivity contribution < 1.29 is 19.0 Å². The van der Waals surface area contributed by atoms with Crippen LogP contribution in [0.4, 0.5) is 4.39 Å². The molecule has 0 aliphatic carbocycles. The average Bonchev–Trinajstić information content (AvgIpc) is 3.27. The molecule has 0 amide bonds. The van der Waals surface area contributed by atoms with Crippen LogP contribution >= 0.6 is 0 Å². The van der Waals surface area contributed by atoms with Crippen LogP contribution in [0.15, 0.2) is 73.1 Å².